The molecule has 0 aromatic heterocycles. The fourth-order valence-electron chi connectivity index (χ4n) is 3.43. The van der Waals surface area contributed by atoms with Crippen molar-refractivity contribution in [3.63, 3.8) is 0 Å². The van der Waals surface area contributed by atoms with Crippen LogP contribution >= 0.6 is 11.8 Å². The highest BCUT2D eigenvalue weighted by molar-refractivity contribution is 8.04. The summed E-state index contributed by atoms with van der Waals surface area (Å²) < 4.78 is 0. The number of amides is 1. The average molecular weight is 271 g/mol. The summed E-state index contributed by atoms with van der Waals surface area (Å²) in [5.41, 5.74) is 2.83. The molecule has 0 N–H and O–H groups in total. The highest BCUT2D eigenvalue weighted by Gasteiger charge is 2.41. The minimum Gasteiger partial charge on any atom is -0.331 e. The third kappa shape index (κ3) is 1.83. The number of rotatable bonds is 1. The van der Waals surface area contributed by atoms with Gasteiger partial charge >= 0.3 is 0 Å². The van der Waals surface area contributed by atoms with Gasteiger partial charge in [-0.3, -0.25) is 4.79 Å². The van der Waals surface area contributed by atoms with E-state index in [4.69, 9.17) is 0 Å². The molecule has 0 atom stereocenters. The summed E-state index contributed by atoms with van der Waals surface area (Å²) in [5, 5.41) is 0. The van der Waals surface area contributed by atoms with Gasteiger partial charge in [0.2, 0.25) is 0 Å². The standard InChI is InChI=1S/C16H17NOS/c18-16(15-6-3-7-19-15)17-10-11-4-1-2-5-14(11)12-8-13(17)9-12/h1-2,4-6,12-13H,3,7-10H2. The fraction of sp³-hybridized carbons (Fsp3) is 0.438. The van der Waals surface area contributed by atoms with Gasteiger partial charge in [-0.05, 0) is 36.3 Å². The van der Waals surface area contributed by atoms with Crippen LogP contribution in [0.5, 0.6) is 0 Å². The number of hydrogen-bond donors (Lipinski definition) is 0. The van der Waals surface area contributed by atoms with Crippen molar-refractivity contribution < 1.29 is 4.79 Å². The SMILES string of the molecule is O=C(C1=CCCS1)N1Cc2ccccc2C2CC1C2. The van der Waals surface area contributed by atoms with Crippen molar-refractivity contribution >= 4 is 17.7 Å². The number of nitrogens with zero attached hydrogens (tertiary/aromatic N) is 1. The van der Waals surface area contributed by atoms with Crippen LogP contribution in [0.25, 0.3) is 0 Å². The second-order valence-electron chi connectivity index (χ2n) is 5.66. The first-order chi connectivity index (χ1) is 9.33. The summed E-state index contributed by atoms with van der Waals surface area (Å²) in [6.45, 7) is 0.800. The van der Waals surface area contributed by atoms with Gasteiger partial charge in [0.15, 0.2) is 0 Å². The Labute approximate surface area is 117 Å². The molecule has 0 radical (unpaired) electrons. The van der Waals surface area contributed by atoms with Gasteiger partial charge in [-0.2, -0.15) is 0 Å². The third-order valence-electron chi connectivity index (χ3n) is 4.57. The summed E-state index contributed by atoms with van der Waals surface area (Å²) in [5.74, 6) is 2.02. The quantitative estimate of drug-likeness (QED) is 0.781. The highest BCUT2D eigenvalue weighted by Crippen LogP contribution is 2.45. The van der Waals surface area contributed by atoms with E-state index in [0.29, 0.717) is 12.0 Å². The van der Waals surface area contributed by atoms with Crippen LogP contribution in [0.15, 0.2) is 35.2 Å². The van der Waals surface area contributed by atoms with E-state index in [1.165, 1.54) is 11.1 Å². The Kier molecular flexibility index (Phi) is 2.69. The first-order valence-electron chi connectivity index (χ1n) is 7.04. The van der Waals surface area contributed by atoms with E-state index >= 15 is 0 Å². The number of carbonyl (C=O) groups excluding carboxylic acids is 1. The predicted molar refractivity (Wildman–Crippen MR) is 77.9 cm³/mol. The highest BCUT2D eigenvalue weighted by atomic mass is 32.2. The summed E-state index contributed by atoms with van der Waals surface area (Å²) in [6.07, 6.45) is 5.46. The van der Waals surface area contributed by atoms with Crippen LogP contribution in [-0.2, 0) is 11.3 Å². The van der Waals surface area contributed by atoms with E-state index in [9.17, 15) is 4.79 Å². The van der Waals surface area contributed by atoms with Crippen molar-refractivity contribution in [2.45, 2.75) is 37.8 Å². The van der Waals surface area contributed by atoms with Gasteiger partial charge < -0.3 is 4.90 Å². The van der Waals surface area contributed by atoms with E-state index in [1.54, 1.807) is 11.8 Å². The van der Waals surface area contributed by atoms with Crippen LogP contribution in [0.2, 0.25) is 0 Å². The zero-order chi connectivity index (χ0) is 12.8. The van der Waals surface area contributed by atoms with Crippen LogP contribution in [0.1, 0.15) is 36.3 Å². The molecule has 1 aliphatic carbocycles. The van der Waals surface area contributed by atoms with Crippen molar-refractivity contribution in [3.05, 3.63) is 46.4 Å². The Bertz CT molecular complexity index is 560. The Morgan fingerprint density at radius 1 is 1.26 bits per heavy atom. The molecule has 4 aliphatic rings. The molecule has 1 amide bonds. The van der Waals surface area contributed by atoms with E-state index < -0.39 is 0 Å². The molecule has 1 saturated carbocycles. The van der Waals surface area contributed by atoms with Gasteiger partial charge in [0, 0.05) is 18.3 Å². The fourth-order valence-corrected chi connectivity index (χ4v) is 4.36. The van der Waals surface area contributed by atoms with Gasteiger partial charge in [-0.1, -0.05) is 30.3 Å². The normalized spacial score (nSPS) is 28.2. The maximum absolute atomic E-state index is 12.6. The lowest BCUT2D eigenvalue weighted by atomic mass is 9.76. The van der Waals surface area contributed by atoms with Crippen molar-refractivity contribution in [1.82, 2.24) is 4.90 Å². The minimum atomic E-state index is 0.266. The van der Waals surface area contributed by atoms with E-state index in [0.717, 1.165) is 36.5 Å². The molecule has 1 aromatic carbocycles. The van der Waals surface area contributed by atoms with Crippen molar-refractivity contribution in [2.75, 3.05) is 5.75 Å². The molecule has 0 unspecified atom stereocenters. The lowest BCUT2D eigenvalue weighted by Crippen LogP contribution is -2.44. The molecule has 3 heteroatoms. The van der Waals surface area contributed by atoms with E-state index in [-0.39, 0.29) is 5.91 Å². The lowest BCUT2D eigenvalue weighted by molar-refractivity contribution is -0.130. The van der Waals surface area contributed by atoms with Crippen LogP contribution in [0.3, 0.4) is 0 Å². The topological polar surface area (TPSA) is 20.3 Å². The van der Waals surface area contributed by atoms with E-state index in [1.807, 2.05) is 0 Å². The van der Waals surface area contributed by atoms with Gasteiger partial charge in [-0.25, -0.2) is 0 Å². The number of hydrogen-bond acceptors (Lipinski definition) is 2. The maximum atomic E-state index is 12.6. The first kappa shape index (κ1) is 11.6. The molecule has 2 bridgehead atoms. The molecule has 0 spiro atoms. The van der Waals surface area contributed by atoms with Gasteiger partial charge in [0.1, 0.15) is 0 Å². The zero-order valence-electron chi connectivity index (χ0n) is 10.8. The first-order valence-corrected chi connectivity index (χ1v) is 8.03. The second kappa shape index (κ2) is 4.41. The molecule has 2 nitrogen and oxygen atoms in total. The minimum absolute atomic E-state index is 0.266. The number of carbonyl (C=O) groups is 1. The number of allylic oxidation sites excluding steroid dienone is 1. The Morgan fingerprint density at radius 3 is 2.89 bits per heavy atom. The van der Waals surface area contributed by atoms with Crippen LogP contribution < -0.4 is 0 Å². The van der Waals surface area contributed by atoms with Crippen molar-refractivity contribution in [2.24, 2.45) is 0 Å². The molecule has 3 heterocycles. The molecular weight excluding hydrogens is 254 g/mol. The summed E-state index contributed by atoms with van der Waals surface area (Å²) in [7, 11) is 0. The van der Waals surface area contributed by atoms with Gasteiger partial charge in [0.25, 0.3) is 5.91 Å². The number of benzene rings is 1. The summed E-state index contributed by atoms with van der Waals surface area (Å²) in [4.78, 5) is 15.7. The molecule has 1 fully saturated rings. The van der Waals surface area contributed by atoms with Crippen LogP contribution in [0.4, 0.5) is 0 Å². The Morgan fingerprint density at radius 2 is 2.11 bits per heavy atom. The molecule has 19 heavy (non-hydrogen) atoms. The predicted octanol–water partition coefficient (Wildman–Crippen LogP) is 3.30. The number of fused-ring (bicyclic) bond motifs is 1. The van der Waals surface area contributed by atoms with Crippen LogP contribution in [-0.4, -0.2) is 22.6 Å². The average Bonchev–Trinajstić information content (AvgIpc) is 2.80. The van der Waals surface area contributed by atoms with Crippen molar-refractivity contribution in [3.8, 4) is 0 Å². The van der Waals surface area contributed by atoms with Gasteiger partial charge in [-0.15, -0.1) is 11.8 Å². The zero-order valence-corrected chi connectivity index (χ0v) is 11.7. The largest absolute Gasteiger partial charge is 0.331 e. The Balaban J connectivity index is 1.66. The molecular formula is C16H17NOS. The monoisotopic (exact) mass is 271 g/mol. The lowest BCUT2D eigenvalue weighted by Gasteiger charge is -2.39. The third-order valence-corrected chi connectivity index (χ3v) is 5.66. The van der Waals surface area contributed by atoms with Gasteiger partial charge in [0.05, 0.1) is 4.91 Å². The van der Waals surface area contributed by atoms with Crippen molar-refractivity contribution in [1.29, 1.82) is 0 Å². The Hall–Kier alpha value is -1.22. The smallest absolute Gasteiger partial charge is 0.260 e. The molecule has 3 aliphatic heterocycles. The molecule has 0 saturated heterocycles. The summed E-state index contributed by atoms with van der Waals surface area (Å²) >= 11 is 1.72. The van der Waals surface area contributed by atoms with Crippen LogP contribution in [0, 0.1) is 0 Å². The maximum Gasteiger partial charge on any atom is 0.260 e. The molecule has 98 valence electrons. The number of thioether (sulfide) groups is 1. The molecule has 1 aromatic rings. The summed E-state index contributed by atoms with van der Waals surface area (Å²) in [6, 6.07) is 9.11. The molecule has 5 rings (SSSR count). The second-order valence-corrected chi connectivity index (χ2v) is 6.80. The van der Waals surface area contributed by atoms with E-state index in [2.05, 4.69) is 35.2 Å².